The number of aryl methyl sites for hydroxylation is 2. The third-order valence-electron chi connectivity index (χ3n) is 2.91. The highest BCUT2D eigenvalue weighted by atomic mass is 35.5. The molecule has 100 valence electrons. The van der Waals surface area contributed by atoms with Gasteiger partial charge in [0.2, 0.25) is 0 Å². The molecule has 0 saturated heterocycles. The Balaban J connectivity index is 2.49. The van der Waals surface area contributed by atoms with Gasteiger partial charge in [-0.15, -0.1) is 0 Å². The van der Waals surface area contributed by atoms with Gasteiger partial charge in [0.05, 0.1) is 22.7 Å². The Bertz CT molecular complexity index is 641. The molecule has 0 atom stereocenters. The average Bonchev–Trinajstić information content (AvgIpc) is 2.40. The van der Waals surface area contributed by atoms with Gasteiger partial charge in [0.15, 0.2) is 0 Å². The molecule has 0 amide bonds. The molecule has 0 radical (unpaired) electrons. The van der Waals surface area contributed by atoms with Gasteiger partial charge < -0.3 is 4.74 Å². The van der Waals surface area contributed by atoms with E-state index >= 15 is 0 Å². The first-order chi connectivity index (χ1) is 9.02. The topological polar surface area (TPSA) is 39.2 Å². The molecule has 5 heteroatoms. The monoisotopic (exact) mass is 297 g/mol. The molecule has 0 fully saturated rings. The fourth-order valence-electron chi connectivity index (χ4n) is 1.99. The van der Waals surface area contributed by atoms with E-state index in [2.05, 4.69) is 9.72 Å². The van der Waals surface area contributed by atoms with Crippen molar-refractivity contribution in [1.82, 2.24) is 4.98 Å². The molecular weight excluding hydrogens is 285 g/mol. The van der Waals surface area contributed by atoms with Gasteiger partial charge >= 0.3 is 5.97 Å². The minimum absolute atomic E-state index is 0.234. The van der Waals surface area contributed by atoms with E-state index in [0.717, 1.165) is 16.6 Å². The molecule has 0 spiro atoms. The van der Waals surface area contributed by atoms with Crippen LogP contribution >= 0.6 is 23.2 Å². The van der Waals surface area contributed by atoms with Gasteiger partial charge in [-0.3, -0.25) is 9.78 Å². The zero-order valence-electron chi connectivity index (χ0n) is 10.7. The predicted octanol–water partition coefficient (Wildman–Crippen LogP) is 3.96. The average molecular weight is 298 g/mol. The highest BCUT2D eigenvalue weighted by Gasteiger charge is 2.11. The first-order valence-electron chi connectivity index (χ1n) is 5.84. The summed E-state index contributed by atoms with van der Waals surface area (Å²) in [5.41, 5.74) is 2.54. The highest BCUT2D eigenvalue weighted by molar-refractivity contribution is 6.45. The van der Waals surface area contributed by atoms with Gasteiger partial charge in [0.1, 0.15) is 0 Å². The van der Waals surface area contributed by atoms with Crippen LogP contribution in [0.15, 0.2) is 18.2 Å². The molecular formula is C14H13Cl2NO2. The Morgan fingerprint density at radius 3 is 2.79 bits per heavy atom. The third-order valence-corrected chi connectivity index (χ3v) is 3.71. The number of fused-ring (bicyclic) bond motifs is 1. The predicted molar refractivity (Wildman–Crippen MR) is 76.8 cm³/mol. The van der Waals surface area contributed by atoms with Crippen LogP contribution in [0.2, 0.25) is 10.0 Å². The van der Waals surface area contributed by atoms with Crippen molar-refractivity contribution in [3.63, 3.8) is 0 Å². The van der Waals surface area contributed by atoms with Crippen LogP contribution in [0, 0.1) is 6.92 Å². The molecule has 0 aliphatic heterocycles. The van der Waals surface area contributed by atoms with Gasteiger partial charge in [0.25, 0.3) is 0 Å². The number of aromatic nitrogens is 1. The minimum atomic E-state index is -0.234. The Morgan fingerprint density at radius 2 is 2.11 bits per heavy atom. The number of halogens is 2. The Morgan fingerprint density at radius 1 is 1.37 bits per heavy atom. The second kappa shape index (κ2) is 5.76. The minimum Gasteiger partial charge on any atom is -0.469 e. The van der Waals surface area contributed by atoms with Gasteiger partial charge in [-0.1, -0.05) is 29.3 Å². The first-order valence-corrected chi connectivity index (χ1v) is 6.59. The molecule has 0 aliphatic rings. The van der Waals surface area contributed by atoms with E-state index in [4.69, 9.17) is 23.2 Å². The van der Waals surface area contributed by atoms with E-state index in [0.29, 0.717) is 28.4 Å². The highest BCUT2D eigenvalue weighted by Crippen LogP contribution is 2.31. The third kappa shape index (κ3) is 2.99. The van der Waals surface area contributed by atoms with E-state index in [-0.39, 0.29) is 5.97 Å². The van der Waals surface area contributed by atoms with Crippen LogP contribution in [0.3, 0.4) is 0 Å². The number of esters is 1. The summed E-state index contributed by atoms with van der Waals surface area (Å²) in [6.45, 7) is 1.89. The van der Waals surface area contributed by atoms with Gasteiger partial charge in [-0.25, -0.2) is 0 Å². The van der Waals surface area contributed by atoms with Crippen molar-refractivity contribution in [3.05, 3.63) is 39.5 Å². The normalized spacial score (nSPS) is 10.7. The van der Waals surface area contributed by atoms with Crippen LogP contribution in [0.4, 0.5) is 0 Å². The summed E-state index contributed by atoms with van der Waals surface area (Å²) in [5, 5.41) is 1.84. The van der Waals surface area contributed by atoms with Crippen molar-refractivity contribution < 1.29 is 9.53 Å². The smallest absolute Gasteiger partial charge is 0.305 e. The van der Waals surface area contributed by atoms with Crippen molar-refractivity contribution in [2.24, 2.45) is 0 Å². The maximum Gasteiger partial charge on any atom is 0.305 e. The molecule has 1 heterocycles. The number of hydrogen-bond acceptors (Lipinski definition) is 3. The molecule has 2 rings (SSSR count). The van der Waals surface area contributed by atoms with Crippen molar-refractivity contribution in [2.45, 2.75) is 19.8 Å². The van der Waals surface area contributed by atoms with Crippen molar-refractivity contribution in [2.75, 3.05) is 7.11 Å². The van der Waals surface area contributed by atoms with E-state index in [9.17, 15) is 4.79 Å². The fourth-order valence-corrected chi connectivity index (χ4v) is 2.35. The van der Waals surface area contributed by atoms with E-state index in [1.54, 1.807) is 6.07 Å². The summed E-state index contributed by atoms with van der Waals surface area (Å²) >= 11 is 12.2. The largest absolute Gasteiger partial charge is 0.469 e. The lowest BCUT2D eigenvalue weighted by atomic mass is 10.0. The number of carbonyl (C=O) groups is 1. The molecule has 1 aromatic heterocycles. The van der Waals surface area contributed by atoms with Crippen LogP contribution < -0.4 is 0 Å². The van der Waals surface area contributed by atoms with E-state index in [1.807, 2.05) is 19.1 Å². The number of hydrogen-bond donors (Lipinski definition) is 0. The van der Waals surface area contributed by atoms with E-state index < -0.39 is 0 Å². The van der Waals surface area contributed by atoms with Crippen LogP contribution in [0.25, 0.3) is 10.9 Å². The van der Waals surface area contributed by atoms with Gasteiger partial charge in [-0.05, 0) is 31.0 Å². The number of nitrogens with zero attached hydrogens (tertiary/aromatic N) is 1. The zero-order valence-corrected chi connectivity index (χ0v) is 12.2. The van der Waals surface area contributed by atoms with Crippen LogP contribution in [0.5, 0.6) is 0 Å². The molecule has 0 unspecified atom stereocenters. The summed E-state index contributed by atoms with van der Waals surface area (Å²) in [5.74, 6) is -0.234. The molecule has 2 aromatic rings. The Kier molecular flexibility index (Phi) is 4.27. The molecule has 3 nitrogen and oxygen atoms in total. The van der Waals surface area contributed by atoms with Crippen molar-refractivity contribution in [1.29, 1.82) is 0 Å². The lowest BCUT2D eigenvalue weighted by molar-refractivity contribution is -0.140. The molecule has 0 saturated carbocycles. The molecule has 19 heavy (non-hydrogen) atoms. The number of methoxy groups -OCH3 is 1. The Hall–Kier alpha value is -1.32. The zero-order chi connectivity index (χ0) is 14.0. The molecule has 1 aromatic carbocycles. The molecule has 0 N–H and O–H groups in total. The SMILES string of the molecule is COC(=O)CCc1cc(C)nc2c(Cl)c(Cl)ccc12. The maximum atomic E-state index is 11.2. The van der Waals surface area contributed by atoms with Crippen LogP contribution in [0.1, 0.15) is 17.7 Å². The lowest BCUT2D eigenvalue weighted by Crippen LogP contribution is -2.03. The summed E-state index contributed by atoms with van der Waals surface area (Å²) in [6.07, 6.45) is 0.916. The summed E-state index contributed by atoms with van der Waals surface area (Å²) < 4.78 is 4.66. The quantitative estimate of drug-likeness (QED) is 0.805. The second-order valence-electron chi connectivity index (χ2n) is 4.26. The Labute approximate surface area is 121 Å². The van der Waals surface area contributed by atoms with E-state index in [1.165, 1.54) is 7.11 Å². The summed E-state index contributed by atoms with van der Waals surface area (Å²) in [6, 6.07) is 5.57. The van der Waals surface area contributed by atoms with Gasteiger partial charge in [-0.2, -0.15) is 0 Å². The molecule has 0 bridgehead atoms. The first kappa shape index (κ1) is 14.1. The standard InChI is InChI=1S/C14H13Cl2NO2/c1-8-7-9(3-6-12(18)19-2)10-4-5-11(15)13(16)14(10)17-8/h4-5,7H,3,6H2,1-2H3. The number of carbonyl (C=O) groups excluding carboxylic acids is 1. The fraction of sp³-hybridized carbons (Fsp3) is 0.286. The number of ether oxygens (including phenoxy) is 1. The summed E-state index contributed by atoms with van der Waals surface area (Å²) in [7, 11) is 1.38. The molecule has 0 aliphatic carbocycles. The van der Waals surface area contributed by atoms with Crippen LogP contribution in [-0.2, 0) is 16.0 Å². The maximum absolute atomic E-state index is 11.2. The van der Waals surface area contributed by atoms with Crippen molar-refractivity contribution in [3.8, 4) is 0 Å². The van der Waals surface area contributed by atoms with Crippen LogP contribution in [-0.4, -0.2) is 18.1 Å². The lowest BCUT2D eigenvalue weighted by Gasteiger charge is -2.09. The number of benzene rings is 1. The number of pyridine rings is 1. The number of rotatable bonds is 3. The van der Waals surface area contributed by atoms with Gasteiger partial charge in [0, 0.05) is 17.5 Å². The second-order valence-corrected chi connectivity index (χ2v) is 5.04. The summed E-state index contributed by atoms with van der Waals surface area (Å²) in [4.78, 5) is 15.7. The van der Waals surface area contributed by atoms with Crippen molar-refractivity contribution >= 4 is 40.1 Å².